The first kappa shape index (κ1) is 11.1. The highest BCUT2D eigenvalue weighted by atomic mass is 16.4. The van der Waals surface area contributed by atoms with Crippen molar-refractivity contribution in [3.8, 4) is 0 Å². The average Bonchev–Trinajstić information content (AvgIpc) is 1.85. The van der Waals surface area contributed by atoms with Gasteiger partial charge >= 0.3 is 5.97 Å². The van der Waals surface area contributed by atoms with Gasteiger partial charge in [-0.15, -0.1) is 0 Å². The normalized spacial score (nSPS) is 11.2. The summed E-state index contributed by atoms with van der Waals surface area (Å²) in [5, 5.41) is 8.37. The fraction of sp³-hybridized carbons (Fsp3) is 0.625. The Hall–Kier alpha value is -0.870. The molecule has 4 heteroatoms. The highest BCUT2D eigenvalue weighted by Crippen LogP contribution is 1.90. The molecule has 0 atom stereocenters. The van der Waals surface area contributed by atoms with Crippen molar-refractivity contribution in [1.82, 2.24) is 5.43 Å². The Morgan fingerprint density at radius 3 is 2.67 bits per heavy atom. The van der Waals surface area contributed by atoms with Crippen LogP contribution in [0.25, 0.3) is 0 Å². The van der Waals surface area contributed by atoms with Crippen LogP contribution < -0.4 is 5.43 Å². The number of nitrogens with zero attached hydrogens (tertiary/aromatic N) is 1. The number of carbonyl (C=O) groups is 1. The van der Waals surface area contributed by atoms with E-state index in [-0.39, 0.29) is 6.42 Å². The van der Waals surface area contributed by atoms with Gasteiger partial charge in [0.1, 0.15) is 6.54 Å². The van der Waals surface area contributed by atoms with Gasteiger partial charge in [-0.3, -0.25) is 4.79 Å². The predicted octanol–water partition coefficient (Wildman–Crippen LogP) is 0.228. The maximum Gasteiger partial charge on any atom is 0.304 e. The molecule has 0 aromatic rings. The number of rotatable bonds is 6. The van der Waals surface area contributed by atoms with E-state index < -0.39 is 5.97 Å². The summed E-state index contributed by atoms with van der Waals surface area (Å²) >= 11 is 0. The molecule has 0 spiro atoms. The Bertz CT molecular complexity index is 166. The van der Waals surface area contributed by atoms with Gasteiger partial charge in [0.25, 0.3) is 0 Å². The summed E-state index contributed by atoms with van der Waals surface area (Å²) in [6.07, 6.45) is 1.95. The van der Waals surface area contributed by atoms with Gasteiger partial charge in [0.2, 0.25) is 0 Å². The van der Waals surface area contributed by atoms with Gasteiger partial charge in [0, 0.05) is 0 Å². The molecule has 0 aromatic heterocycles. The van der Waals surface area contributed by atoms with E-state index in [2.05, 4.69) is 12.0 Å². The lowest BCUT2D eigenvalue weighted by atomic mass is 10.4. The molecule has 0 aliphatic carbocycles. The number of hydrogen-bond acceptors (Lipinski definition) is 2. The molecular weight excluding hydrogens is 156 g/mol. The number of quaternary nitrogens is 1. The zero-order valence-corrected chi connectivity index (χ0v) is 7.71. The topological polar surface area (TPSA) is 49.3 Å². The van der Waals surface area contributed by atoms with Crippen molar-refractivity contribution in [2.45, 2.75) is 6.42 Å². The van der Waals surface area contributed by atoms with Gasteiger partial charge in [-0.2, -0.15) is 5.43 Å². The Morgan fingerprint density at radius 2 is 2.25 bits per heavy atom. The second-order valence-corrected chi connectivity index (χ2v) is 3.21. The molecule has 0 aliphatic heterocycles. The largest absolute Gasteiger partial charge is 0.481 e. The summed E-state index contributed by atoms with van der Waals surface area (Å²) < 4.78 is 0.566. The van der Waals surface area contributed by atoms with Gasteiger partial charge in [-0.05, 0) is 6.08 Å². The third-order valence-corrected chi connectivity index (χ3v) is 1.46. The van der Waals surface area contributed by atoms with Gasteiger partial charge in [0.05, 0.1) is 27.1 Å². The number of aliphatic carboxylic acids is 1. The maximum absolute atomic E-state index is 10.2. The van der Waals surface area contributed by atoms with Crippen LogP contribution in [0, 0.1) is 0 Å². The van der Waals surface area contributed by atoms with E-state index in [1.165, 1.54) is 0 Å². The summed E-state index contributed by atoms with van der Waals surface area (Å²) in [7, 11) is 3.92. The van der Waals surface area contributed by atoms with Gasteiger partial charge in [-0.25, -0.2) is 4.59 Å². The van der Waals surface area contributed by atoms with Gasteiger partial charge < -0.3 is 5.11 Å². The molecule has 0 amide bonds. The minimum Gasteiger partial charge on any atom is -0.481 e. The number of carboxylic acid groups (broad SMARTS) is 1. The second-order valence-electron chi connectivity index (χ2n) is 3.21. The minimum atomic E-state index is -0.777. The molecule has 70 valence electrons. The van der Waals surface area contributed by atoms with Crippen molar-refractivity contribution in [2.24, 2.45) is 0 Å². The second kappa shape index (κ2) is 4.90. The van der Waals surface area contributed by atoms with Crippen LogP contribution in [-0.4, -0.2) is 42.9 Å². The van der Waals surface area contributed by atoms with Crippen molar-refractivity contribution in [3.63, 3.8) is 0 Å². The third kappa shape index (κ3) is 5.88. The van der Waals surface area contributed by atoms with E-state index in [4.69, 9.17) is 5.11 Å². The zero-order valence-electron chi connectivity index (χ0n) is 7.71. The van der Waals surface area contributed by atoms with Gasteiger partial charge in [-0.1, -0.05) is 6.58 Å². The first-order chi connectivity index (χ1) is 5.48. The Balaban J connectivity index is 3.60. The number of nitrogens with one attached hydrogen (secondary N) is 1. The number of likely N-dealkylation sites (N-methyl/N-ethyl adjacent to an activating group) is 1. The van der Waals surface area contributed by atoms with Crippen molar-refractivity contribution in [3.05, 3.63) is 12.7 Å². The summed E-state index contributed by atoms with van der Waals surface area (Å²) in [5.74, 6) is -0.777. The third-order valence-electron chi connectivity index (χ3n) is 1.46. The van der Waals surface area contributed by atoms with Crippen LogP contribution in [0.3, 0.4) is 0 Å². The first-order valence-corrected chi connectivity index (χ1v) is 3.89. The van der Waals surface area contributed by atoms with E-state index in [1.807, 2.05) is 14.1 Å². The average molecular weight is 173 g/mol. The predicted molar refractivity (Wildman–Crippen MR) is 47.4 cm³/mol. The van der Waals surface area contributed by atoms with Crippen LogP contribution in [-0.2, 0) is 4.79 Å². The van der Waals surface area contributed by atoms with Crippen LogP contribution in [0.5, 0.6) is 0 Å². The quantitative estimate of drug-likeness (QED) is 0.343. The van der Waals surface area contributed by atoms with Gasteiger partial charge in [0.15, 0.2) is 0 Å². The van der Waals surface area contributed by atoms with E-state index in [1.54, 1.807) is 6.08 Å². The van der Waals surface area contributed by atoms with E-state index in [0.717, 1.165) is 6.54 Å². The Morgan fingerprint density at radius 1 is 1.67 bits per heavy atom. The fourth-order valence-corrected chi connectivity index (χ4v) is 0.853. The van der Waals surface area contributed by atoms with Crippen LogP contribution >= 0.6 is 0 Å². The SMILES string of the molecule is C=CC[N+](C)(C)NCCC(=O)O. The number of carboxylic acids is 1. The highest BCUT2D eigenvalue weighted by molar-refractivity contribution is 5.66. The number of hydrogen-bond donors (Lipinski definition) is 2. The summed E-state index contributed by atoms with van der Waals surface area (Å²) in [4.78, 5) is 10.2. The van der Waals surface area contributed by atoms with Crippen molar-refractivity contribution >= 4 is 5.97 Å². The lowest BCUT2D eigenvalue weighted by molar-refractivity contribution is -0.928. The highest BCUT2D eigenvalue weighted by Gasteiger charge is 2.11. The molecule has 12 heavy (non-hydrogen) atoms. The monoisotopic (exact) mass is 173 g/mol. The molecule has 0 aliphatic rings. The molecule has 0 saturated heterocycles. The van der Waals surface area contributed by atoms with Crippen LogP contribution in [0.1, 0.15) is 6.42 Å². The summed E-state index contributed by atoms with van der Waals surface area (Å²) in [6.45, 7) is 4.88. The van der Waals surface area contributed by atoms with E-state index >= 15 is 0 Å². The fourth-order valence-electron chi connectivity index (χ4n) is 0.853. The molecule has 0 fully saturated rings. The van der Waals surface area contributed by atoms with Crippen molar-refractivity contribution in [1.29, 1.82) is 0 Å². The Labute approximate surface area is 73.0 Å². The van der Waals surface area contributed by atoms with Crippen LogP contribution in [0.4, 0.5) is 0 Å². The molecule has 2 N–H and O–H groups in total. The Kier molecular flexibility index (Phi) is 4.54. The lowest BCUT2D eigenvalue weighted by Crippen LogP contribution is -2.52. The lowest BCUT2D eigenvalue weighted by Gasteiger charge is -2.27. The molecular formula is C8H17N2O2+. The minimum absolute atomic E-state index is 0.152. The smallest absolute Gasteiger partial charge is 0.304 e. The molecule has 0 bridgehead atoms. The summed E-state index contributed by atoms with van der Waals surface area (Å²) in [5.41, 5.74) is 3.08. The first-order valence-electron chi connectivity index (χ1n) is 3.89. The maximum atomic E-state index is 10.2. The molecule has 0 unspecified atom stereocenters. The molecule has 0 heterocycles. The van der Waals surface area contributed by atoms with E-state index in [0.29, 0.717) is 11.1 Å². The standard InChI is InChI=1S/C8H16N2O2/c1-4-7-10(2,3)9-6-5-8(11)12/h4,9H,1,5-7H2,2-3H3/p+1. The molecule has 4 nitrogen and oxygen atoms in total. The molecule has 0 saturated carbocycles. The van der Waals surface area contributed by atoms with E-state index in [9.17, 15) is 4.79 Å². The zero-order chi connectivity index (χ0) is 9.61. The van der Waals surface area contributed by atoms with Crippen molar-refractivity contribution in [2.75, 3.05) is 27.2 Å². The van der Waals surface area contributed by atoms with Crippen molar-refractivity contribution < 1.29 is 14.5 Å². The molecule has 0 radical (unpaired) electrons. The molecule has 0 aromatic carbocycles. The van der Waals surface area contributed by atoms with Crippen LogP contribution in [0.15, 0.2) is 12.7 Å². The molecule has 0 rings (SSSR count). The van der Waals surface area contributed by atoms with Crippen LogP contribution in [0.2, 0.25) is 0 Å². The summed E-state index contributed by atoms with van der Waals surface area (Å²) in [6, 6.07) is 0.